The molecule has 0 aliphatic carbocycles. The zero-order chi connectivity index (χ0) is 14.6. The first kappa shape index (κ1) is 15.1. The largest absolute Gasteiger partial charge is 0.330 e. The molecule has 2 aromatic heterocycles. The second-order valence-corrected chi connectivity index (χ2v) is 7.40. The highest BCUT2D eigenvalue weighted by atomic mass is 32.2. The Kier molecular flexibility index (Phi) is 4.86. The van der Waals surface area contributed by atoms with Crippen LogP contribution in [-0.4, -0.2) is 36.3 Å². The van der Waals surface area contributed by atoms with Crippen molar-refractivity contribution in [3.63, 3.8) is 0 Å². The maximum atomic E-state index is 12.1. The van der Waals surface area contributed by atoms with Gasteiger partial charge in [0.25, 0.3) is 0 Å². The van der Waals surface area contributed by atoms with E-state index in [4.69, 9.17) is 5.73 Å². The third-order valence-corrected chi connectivity index (χ3v) is 5.68. The summed E-state index contributed by atoms with van der Waals surface area (Å²) in [6.07, 6.45) is 2.74. The molecule has 0 radical (unpaired) electrons. The SMILES string of the molecule is Cn1cnc(CCNS(=O)(=O)c2ccc(CCN)s2)n1. The van der Waals surface area contributed by atoms with Gasteiger partial charge in [0.1, 0.15) is 10.5 Å². The van der Waals surface area contributed by atoms with E-state index in [1.54, 1.807) is 30.2 Å². The van der Waals surface area contributed by atoms with Gasteiger partial charge >= 0.3 is 0 Å². The average Bonchev–Trinajstić information content (AvgIpc) is 2.99. The average molecular weight is 315 g/mol. The van der Waals surface area contributed by atoms with Gasteiger partial charge in [0, 0.05) is 24.9 Å². The molecule has 0 atom stereocenters. The highest BCUT2D eigenvalue weighted by molar-refractivity contribution is 7.91. The Labute approximate surface area is 121 Å². The van der Waals surface area contributed by atoms with Crippen LogP contribution in [0.5, 0.6) is 0 Å². The summed E-state index contributed by atoms with van der Waals surface area (Å²) < 4.78 is 28.6. The minimum Gasteiger partial charge on any atom is -0.330 e. The van der Waals surface area contributed by atoms with Crippen molar-refractivity contribution in [2.24, 2.45) is 12.8 Å². The Morgan fingerprint density at radius 2 is 2.20 bits per heavy atom. The fourth-order valence-corrected chi connectivity index (χ4v) is 4.09. The molecular formula is C11H17N5O2S2. The molecule has 7 nitrogen and oxygen atoms in total. The van der Waals surface area contributed by atoms with Crippen molar-refractivity contribution >= 4 is 21.4 Å². The van der Waals surface area contributed by atoms with Crippen molar-refractivity contribution in [1.29, 1.82) is 0 Å². The molecule has 20 heavy (non-hydrogen) atoms. The standard InChI is InChI=1S/C11H17N5O2S2/c1-16-8-13-10(15-16)5-7-14-20(17,18)11-3-2-9(19-11)4-6-12/h2-3,8,14H,4-7,12H2,1H3. The summed E-state index contributed by atoms with van der Waals surface area (Å²) in [5, 5.41) is 4.09. The van der Waals surface area contributed by atoms with Crippen LogP contribution in [0.4, 0.5) is 0 Å². The Bertz CT molecular complexity index is 662. The first-order valence-electron chi connectivity index (χ1n) is 6.14. The Hall–Kier alpha value is -1.29. The lowest BCUT2D eigenvalue weighted by atomic mass is 10.3. The molecule has 0 aliphatic heterocycles. The van der Waals surface area contributed by atoms with Gasteiger partial charge < -0.3 is 5.73 Å². The molecule has 2 aromatic rings. The van der Waals surface area contributed by atoms with Crippen LogP contribution in [0.15, 0.2) is 22.7 Å². The maximum absolute atomic E-state index is 12.1. The lowest BCUT2D eigenvalue weighted by Gasteiger charge is -2.02. The van der Waals surface area contributed by atoms with Gasteiger partial charge in [-0.1, -0.05) is 0 Å². The zero-order valence-electron chi connectivity index (χ0n) is 11.1. The van der Waals surface area contributed by atoms with E-state index in [0.717, 1.165) is 4.88 Å². The third-order valence-electron chi connectivity index (χ3n) is 2.58. The molecule has 0 unspecified atom stereocenters. The van der Waals surface area contributed by atoms with Gasteiger partial charge in [-0.2, -0.15) is 5.10 Å². The number of nitrogens with one attached hydrogen (secondary N) is 1. The number of rotatable bonds is 7. The molecule has 0 amide bonds. The van der Waals surface area contributed by atoms with E-state index >= 15 is 0 Å². The quantitative estimate of drug-likeness (QED) is 0.742. The fourth-order valence-electron chi connectivity index (χ4n) is 1.65. The summed E-state index contributed by atoms with van der Waals surface area (Å²) in [7, 11) is -1.69. The number of aryl methyl sites for hydroxylation is 1. The number of thiophene rings is 1. The summed E-state index contributed by atoms with van der Waals surface area (Å²) in [5.74, 6) is 0.616. The minimum absolute atomic E-state index is 0.274. The van der Waals surface area contributed by atoms with E-state index in [1.807, 2.05) is 0 Å². The van der Waals surface area contributed by atoms with Crippen LogP contribution < -0.4 is 10.5 Å². The van der Waals surface area contributed by atoms with Gasteiger partial charge in [0.15, 0.2) is 5.82 Å². The second-order valence-electron chi connectivity index (χ2n) is 4.24. The molecule has 110 valence electrons. The second kappa shape index (κ2) is 6.44. The van der Waals surface area contributed by atoms with Gasteiger partial charge in [0.05, 0.1) is 0 Å². The minimum atomic E-state index is -3.46. The lowest BCUT2D eigenvalue weighted by Crippen LogP contribution is -2.25. The summed E-state index contributed by atoms with van der Waals surface area (Å²) in [6.45, 7) is 0.787. The maximum Gasteiger partial charge on any atom is 0.250 e. The van der Waals surface area contributed by atoms with Gasteiger partial charge in [-0.3, -0.25) is 4.68 Å². The molecule has 0 saturated carbocycles. The molecule has 0 fully saturated rings. The molecule has 0 aromatic carbocycles. The highest BCUT2D eigenvalue weighted by Crippen LogP contribution is 2.21. The topological polar surface area (TPSA) is 103 Å². The molecular weight excluding hydrogens is 298 g/mol. The van der Waals surface area contributed by atoms with Crippen molar-refractivity contribution in [2.45, 2.75) is 17.1 Å². The first-order valence-corrected chi connectivity index (χ1v) is 8.44. The van der Waals surface area contributed by atoms with E-state index in [-0.39, 0.29) is 6.54 Å². The Morgan fingerprint density at radius 3 is 2.85 bits per heavy atom. The van der Waals surface area contributed by atoms with Crippen molar-refractivity contribution in [2.75, 3.05) is 13.1 Å². The Balaban J connectivity index is 1.92. The number of nitrogens with two attached hydrogens (primary N) is 1. The van der Waals surface area contributed by atoms with E-state index in [1.165, 1.54) is 11.3 Å². The summed E-state index contributed by atoms with van der Waals surface area (Å²) >= 11 is 1.25. The number of hydrogen-bond acceptors (Lipinski definition) is 6. The third kappa shape index (κ3) is 3.85. The number of hydrogen-bond donors (Lipinski definition) is 2. The van der Waals surface area contributed by atoms with E-state index in [9.17, 15) is 8.42 Å². The van der Waals surface area contributed by atoms with Crippen molar-refractivity contribution in [3.05, 3.63) is 29.2 Å². The molecule has 0 saturated heterocycles. The van der Waals surface area contributed by atoms with Crippen LogP contribution >= 0.6 is 11.3 Å². The van der Waals surface area contributed by atoms with Crippen LogP contribution in [0.25, 0.3) is 0 Å². The molecule has 2 rings (SSSR count). The van der Waals surface area contributed by atoms with Gasteiger partial charge in [-0.25, -0.2) is 18.1 Å². The first-order chi connectivity index (χ1) is 9.51. The smallest absolute Gasteiger partial charge is 0.250 e. The van der Waals surface area contributed by atoms with Crippen molar-refractivity contribution < 1.29 is 8.42 Å². The normalized spacial score (nSPS) is 11.9. The number of sulfonamides is 1. The van der Waals surface area contributed by atoms with Crippen LogP contribution in [0.3, 0.4) is 0 Å². The van der Waals surface area contributed by atoms with Crippen LogP contribution in [0, 0.1) is 0 Å². The molecule has 2 heterocycles. The predicted octanol–water partition coefficient (Wildman–Crippen LogP) is -0.101. The number of nitrogens with zero attached hydrogens (tertiary/aromatic N) is 3. The lowest BCUT2D eigenvalue weighted by molar-refractivity contribution is 0.582. The van der Waals surface area contributed by atoms with E-state index in [0.29, 0.717) is 29.4 Å². The van der Waals surface area contributed by atoms with Crippen LogP contribution in [0.2, 0.25) is 0 Å². The van der Waals surface area contributed by atoms with Gasteiger partial charge in [-0.05, 0) is 25.1 Å². The van der Waals surface area contributed by atoms with Gasteiger partial charge in [0.2, 0.25) is 10.0 Å². The van der Waals surface area contributed by atoms with Crippen LogP contribution in [0.1, 0.15) is 10.7 Å². The van der Waals surface area contributed by atoms with Crippen molar-refractivity contribution in [1.82, 2.24) is 19.5 Å². The summed E-state index contributed by atoms with van der Waals surface area (Å²) in [4.78, 5) is 5.01. The fraction of sp³-hybridized carbons (Fsp3) is 0.455. The van der Waals surface area contributed by atoms with Crippen LogP contribution in [-0.2, 0) is 29.9 Å². The molecule has 3 N–H and O–H groups in total. The predicted molar refractivity (Wildman–Crippen MR) is 77.0 cm³/mol. The van der Waals surface area contributed by atoms with E-state index in [2.05, 4.69) is 14.8 Å². The monoisotopic (exact) mass is 315 g/mol. The number of aromatic nitrogens is 3. The van der Waals surface area contributed by atoms with Gasteiger partial charge in [-0.15, -0.1) is 11.3 Å². The van der Waals surface area contributed by atoms with Crippen molar-refractivity contribution in [3.8, 4) is 0 Å². The molecule has 0 bridgehead atoms. The summed E-state index contributed by atoms with van der Waals surface area (Å²) in [6, 6.07) is 3.41. The highest BCUT2D eigenvalue weighted by Gasteiger charge is 2.16. The molecule has 0 aliphatic rings. The molecule has 0 spiro atoms. The molecule has 9 heteroatoms. The van der Waals surface area contributed by atoms with E-state index < -0.39 is 10.0 Å². The summed E-state index contributed by atoms with van der Waals surface area (Å²) in [5.41, 5.74) is 5.45. The Morgan fingerprint density at radius 1 is 1.40 bits per heavy atom. The zero-order valence-corrected chi connectivity index (χ0v) is 12.7.